The lowest BCUT2D eigenvalue weighted by molar-refractivity contribution is 0.0956. The molecule has 0 saturated carbocycles. The fraction of sp³-hybridized carbons (Fsp3) is 0.500. The van der Waals surface area contributed by atoms with E-state index in [9.17, 15) is 4.79 Å². The maximum atomic E-state index is 13.3. The molecule has 0 bridgehead atoms. The van der Waals surface area contributed by atoms with Gasteiger partial charge in [-0.3, -0.25) is 9.69 Å². The second kappa shape index (κ2) is 5.61. The number of anilines is 2. The third kappa shape index (κ3) is 2.46. The topological polar surface area (TPSA) is 54.3 Å². The first-order valence-electron chi connectivity index (χ1n) is 8.30. The van der Waals surface area contributed by atoms with Gasteiger partial charge >= 0.3 is 0 Å². The number of carbonyl (C=O) groups is 1. The molecule has 0 fully saturated rings. The van der Waals surface area contributed by atoms with Crippen molar-refractivity contribution >= 4 is 17.3 Å². The van der Waals surface area contributed by atoms with Gasteiger partial charge in [-0.15, -0.1) is 5.10 Å². The minimum Gasteiger partial charge on any atom is -0.371 e. The zero-order chi connectivity index (χ0) is 17.6. The Balaban J connectivity index is 2.10. The van der Waals surface area contributed by atoms with E-state index in [0.717, 1.165) is 23.6 Å². The molecule has 2 aromatic rings. The van der Waals surface area contributed by atoms with Gasteiger partial charge in [0, 0.05) is 19.6 Å². The SMILES string of the molecule is Cc1c(C(=O)N2c3ccccc3N(C)CC2(C)C)nnn1C(C)C. The van der Waals surface area contributed by atoms with E-state index in [-0.39, 0.29) is 17.5 Å². The Kier molecular flexibility index (Phi) is 3.86. The number of amides is 1. The number of fused-ring (bicyclic) bond motifs is 1. The van der Waals surface area contributed by atoms with E-state index < -0.39 is 0 Å². The molecular weight excluding hydrogens is 302 g/mol. The number of hydrogen-bond acceptors (Lipinski definition) is 4. The van der Waals surface area contributed by atoms with Crippen molar-refractivity contribution in [2.45, 2.75) is 46.2 Å². The van der Waals surface area contributed by atoms with E-state index in [1.54, 1.807) is 4.68 Å². The Morgan fingerprint density at radius 2 is 1.83 bits per heavy atom. The fourth-order valence-corrected chi connectivity index (χ4v) is 3.56. The van der Waals surface area contributed by atoms with Crippen LogP contribution in [0.5, 0.6) is 0 Å². The third-order valence-corrected chi connectivity index (χ3v) is 4.59. The van der Waals surface area contributed by atoms with Crippen molar-refractivity contribution in [3.05, 3.63) is 35.7 Å². The van der Waals surface area contributed by atoms with Gasteiger partial charge in [0.15, 0.2) is 5.69 Å². The van der Waals surface area contributed by atoms with Gasteiger partial charge in [-0.1, -0.05) is 17.3 Å². The number of carbonyl (C=O) groups excluding carboxylic acids is 1. The molecule has 0 atom stereocenters. The first kappa shape index (κ1) is 16.5. The zero-order valence-corrected chi connectivity index (χ0v) is 15.2. The minimum atomic E-state index is -0.339. The van der Waals surface area contributed by atoms with Gasteiger partial charge in [0.2, 0.25) is 0 Å². The van der Waals surface area contributed by atoms with Crippen molar-refractivity contribution in [3.63, 3.8) is 0 Å². The molecule has 24 heavy (non-hydrogen) atoms. The summed E-state index contributed by atoms with van der Waals surface area (Å²) >= 11 is 0. The molecule has 1 aromatic heterocycles. The average molecular weight is 327 g/mol. The molecule has 0 N–H and O–H groups in total. The third-order valence-electron chi connectivity index (χ3n) is 4.59. The molecule has 2 heterocycles. The van der Waals surface area contributed by atoms with Crippen LogP contribution in [0.1, 0.15) is 49.9 Å². The summed E-state index contributed by atoms with van der Waals surface area (Å²) in [5.74, 6) is -0.0926. The molecule has 1 amide bonds. The summed E-state index contributed by atoms with van der Waals surface area (Å²) in [6.45, 7) is 10.9. The van der Waals surface area contributed by atoms with Crippen LogP contribution in [0, 0.1) is 6.92 Å². The highest BCUT2D eigenvalue weighted by atomic mass is 16.2. The maximum absolute atomic E-state index is 13.3. The molecule has 6 heteroatoms. The van der Waals surface area contributed by atoms with Crippen LogP contribution in [0.2, 0.25) is 0 Å². The van der Waals surface area contributed by atoms with E-state index in [1.807, 2.05) is 49.9 Å². The quantitative estimate of drug-likeness (QED) is 0.851. The number of rotatable bonds is 2. The first-order chi connectivity index (χ1) is 11.2. The van der Waals surface area contributed by atoms with Crippen molar-refractivity contribution in [1.82, 2.24) is 15.0 Å². The summed E-state index contributed by atoms with van der Waals surface area (Å²) < 4.78 is 1.79. The van der Waals surface area contributed by atoms with Gasteiger partial charge < -0.3 is 4.90 Å². The number of para-hydroxylation sites is 2. The Hall–Kier alpha value is -2.37. The minimum absolute atomic E-state index is 0.0926. The Morgan fingerprint density at radius 3 is 2.42 bits per heavy atom. The Labute approximate surface area is 143 Å². The largest absolute Gasteiger partial charge is 0.371 e. The van der Waals surface area contributed by atoms with Crippen molar-refractivity contribution in [3.8, 4) is 0 Å². The van der Waals surface area contributed by atoms with Crippen LogP contribution in [0.15, 0.2) is 24.3 Å². The lowest BCUT2D eigenvalue weighted by Crippen LogP contribution is -2.57. The second-order valence-corrected chi connectivity index (χ2v) is 7.36. The summed E-state index contributed by atoms with van der Waals surface area (Å²) in [6, 6.07) is 8.17. The summed E-state index contributed by atoms with van der Waals surface area (Å²) in [5.41, 5.74) is 2.87. The lowest BCUT2D eigenvalue weighted by atomic mass is 9.95. The van der Waals surface area contributed by atoms with E-state index in [1.165, 1.54) is 0 Å². The molecule has 0 unspecified atom stereocenters. The standard InChI is InChI=1S/C18H25N5O/c1-12(2)23-13(3)16(19-20-23)17(24)22-15-10-8-7-9-14(15)21(6)11-18(22,4)5/h7-10,12H,11H2,1-6H3. The molecular formula is C18H25N5O. The van der Waals surface area contributed by atoms with Gasteiger partial charge in [-0.2, -0.15) is 0 Å². The van der Waals surface area contributed by atoms with E-state index in [4.69, 9.17) is 0 Å². The first-order valence-corrected chi connectivity index (χ1v) is 8.30. The van der Waals surface area contributed by atoms with E-state index >= 15 is 0 Å². The Morgan fingerprint density at radius 1 is 1.21 bits per heavy atom. The highest BCUT2D eigenvalue weighted by Crippen LogP contribution is 2.39. The van der Waals surface area contributed by atoms with Crippen molar-refractivity contribution in [2.24, 2.45) is 0 Å². The van der Waals surface area contributed by atoms with Crippen LogP contribution < -0.4 is 9.80 Å². The second-order valence-electron chi connectivity index (χ2n) is 7.36. The van der Waals surface area contributed by atoms with Crippen LogP contribution in [0.3, 0.4) is 0 Å². The molecule has 1 aliphatic rings. The van der Waals surface area contributed by atoms with Gasteiger partial charge in [-0.25, -0.2) is 4.68 Å². The summed E-state index contributed by atoms with van der Waals surface area (Å²) in [5, 5.41) is 8.34. The van der Waals surface area contributed by atoms with Crippen LogP contribution in [0.4, 0.5) is 11.4 Å². The average Bonchev–Trinajstić information content (AvgIpc) is 2.88. The van der Waals surface area contributed by atoms with Crippen LogP contribution >= 0.6 is 0 Å². The molecule has 3 rings (SSSR count). The van der Waals surface area contributed by atoms with Crippen molar-refractivity contribution in [2.75, 3.05) is 23.4 Å². The number of hydrogen-bond donors (Lipinski definition) is 0. The van der Waals surface area contributed by atoms with Gasteiger partial charge in [0.05, 0.1) is 22.6 Å². The van der Waals surface area contributed by atoms with Crippen molar-refractivity contribution in [1.29, 1.82) is 0 Å². The summed E-state index contributed by atoms with van der Waals surface area (Å²) in [4.78, 5) is 17.4. The summed E-state index contributed by atoms with van der Waals surface area (Å²) in [6.07, 6.45) is 0. The molecule has 1 aromatic carbocycles. The Bertz CT molecular complexity index is 777. The summed E-state index contributed by atoms with van der Waals surface area (Å²) in [7, 11) is 2.06. The molecule has 0 radical (unpaired) electrons. The predicted octanol–water partition coefficient (Wildman–Crippen LogP) is 3.04. The van der Waals surface area contributed by atoms with E-state index in [2.05, 4.69) is 36.1 Å². The van der Waals surface area contributed by atoms with Gasteiger partial charge in [0.25, 0.3) is 5.91 Å². The monoisotopic (exact) mass is 327 g/mol. The number of benzene rings is 1. The molecule has 128 valence electrons. The number of nitrogens with zero attached hydrogens (tertiary/aromatic N) is 5. The molecule has 6 nitrogen and oxygen atoms in total. The predicted molar refractivity (Wildman–Crippen MR) is 95.7 cm³/mol. The fourth-order valence-electron chi connectivity index (χ4n) is 3.56. The zero-order valence-electron chi connectivity index (χ0n) is 15.2. The highest BCUT2D eigenvalue weighted by Gasteiger charge is 2.41. The maximum Gasteiger partial charge on any atom is 0.281 e. The van der Waals surface area contributed by atoms with Crippen LogP contribution in [-0.4, -0.2) is 40.0 Å². The van der Waals surface area contributed by atoms with Gasteiger partial charge in [0.1, 0.15) is 0 Å². The van der Waals surface area contributed by atoms with Gasteiger partial charge in [-0.05, 0) is 46.8 Å². The molecule has 1 aliphatic heterocycles. The lowest BCUT2D eigenvalue weighted by Gasteiger charge is -2.47. The van der Waals surface area contributed by atoms with E-state index in [0.29, 0.717) is 5.69 Å². The normalized spacial score (nSPS) is 16.5. The highest BCUT2D eigenvalue weighted by molar-refractivity contribution is 6.08. The number of likely N-dealkylation sites (N-methyl/N-ethyl adjacent to an activating group) is 1. The molecule has 0 saturated heterocycles. The van der Waals surface area contributed by atoms with Crippen LogP contribution in [0.25, 0.3) is 0 Å². The smallest absolute Gasteiger partial charge is 0.281 e. The molecule has 0 spiro atoms. The number of aromatic nitrogens is 3. The van der Waals surface area contributed by atoms with Crippen LogP contribution in [-0.2, 0) is 0 Å². The molecule has 0 aliphatic carbocycles. The van der Waals surface area contributed by atoms with Crippen molar-refractivity contribution < 1.29 is 4.79 Å².